The third kappa shape index (κ3) is 3.67. The van der Waals surface area contributed by atoms with Crippen LogP contribution in [-0.2, 0) is 13.0 Å². The average molecular weight is 209 g/mol. The fourth-order valence-electron chi connectivity index (χ4n) is 1.58. The second kappa shape index (κ2) is 4.79. The largest absolute Gasteiger partial charge is 0.330 e. The van der Waals surface area contributed by atoms with Crippen molar-refractivity contribution in [2.75, 3.05) is 6.54 Å². The molecule has 0 aliphatic rings. The van der Waals surface area contributed by atoms with Crippen LogP contribution in [0.3, 0.4) is 0 Å². The SMILES string of the molecule is CC(C)Cn1nccc1CC(C)(C)CN. The highest BCUT2D eigenvalue weighted by Gasteiger charge is 2.18. The van der Waals surface area contributed by atoms with E-state index in [1.54, 1.807) is 0 Å². The highest BCUT2D eigenvalue weighted by molar-refractivity contribution is 5.03. The number of hydrogen-bond acceptors (Lipinski definition) is 2. The van der Waals surface area contributed by atoms with Crippen LogP contribution in [0.4, 0.5) is 0 Å². The zero-order valence-corrected chi connectivity index (χ0v) is 10.3. The maximum absolute atomic E-state index is 5.74. The summed E-state index contributed by atoms with van der Waals surface area (Å²) in [7, 11) is 0. The van der Waals surface area contributed by atoms with Crippen molar-refractivity contribution in [3.05, 3.63) is 18.0 Å². The normalized spacial score (nSPS) is 12.4. The van der Waals surface area contributed by atoms with Crippen molar-refractivity contribution in [3.8, 4) is 0 Å². The molecule has 0 aliphatic carbocycles. The molecule has 1 rings (SSSR count). The summed E-state index contributed by atoms with van der Waals surface area (Å²) in [6.07, 6.45) is 2.88. The van der Waals surface area contributed by atoms with E-state index in [1.807, 2.05) is 6.20 Å². The molecule has 3 heteroatoms. The molecular weight excluding hydrogens is 186 g/mol. The van der Waals surface area contributed by atoms with E-state index in [1.165, 1.54) is 5.69 Å². The lowest BCUT2D eigenvalue weighted by Crippen LogP contribution is -2.27. The van der Waals surface area contributed by atoms with Gasteiger partial charge < -0.3 is 5.73 Å². The Labute approximate surface area is 92.7 Å². The Balaban J connectivity index is 2.73. The monoisotopic (exact) mass is 209 g/mol. The summed E-state index contributed by atoms with van der Waals surface area (Å²) < 4.78 is 2.10. The lowest BCUT2D eigenvalue weighted by atomic mass is 9.88. The first-order valence-corrected chi connectivity index (χ1v) is 5.65. The summed E-state index contributed by atoms with van der Waals surface area (Å²) >= 11 is 0. The van der Waals surface area contributed by atoms with E-state index in [2.05, 4.69) is 43.5 Å². The van der Waals surface area contributed by atoms with Crippen molar-refractivity contribution in [2.24, 2.45) is 17.1 Å². The fraction of sp³-hybridized carbons (Fsp3) is 0.750. The zero-order valence-electron chi connectivity index (χ0n) is 10.3. The summed E-state index contributed by atoms with van der Waals surface area (Å²) in [6.45, 7) is 10.5. The van der Waals surface area contributed by atoms with Gasteiger partial charge in [0.2, 0.25) is 0 Å². The predicted octanol–water partition coefficient (Wildman–Crippen LogP) is 2.07. The van der Waals surface area contributed by atoms with E-state index in [0.717, 1.165) is 13.0 Å². The third-order valence-corrected chi connectivity index (χ3v) is 2.55. The molecule has 0 aliphatic heterocycles. The van der Waals surface area contributed by atoms with Crippen molar-refractivity contribution in [1.82, 2.24) is 9.78 Å². The van der Waals surface area contributed by atoms with E-state index >= 15 is 0 Å². The molecular formula is C12H23N3. The summed E-state index contributed by atoms with van der Waals surface area (Å²) in [5.41, 5.74) is 7.20. The second-order valence-corrected chi connectivity index (χ2v) is 5.44. The van der Waals surface area contributed by atoms with Gasteiger partial charge in [0.05, 0.1) is 0 Å². The average Bonchev–Trinajstić information content (AvgIpc) is 2.51. The molecule has 0 unspecified atom stereocenters. The fourth-order valence-corrected chi connectivity index (χ4v) is 1.58. The standard InChI is InChI=1S/C12H23N3/c1-10(2)8-15-11(5-6-14-15)7-12(3,4)9-13/h5-6,10H,7-9,13H2,1-4H3. The molecule has 1 aromatic rings. The Bertz CT molecular complexity index is 300. The molecule has 0 bridgehead atoms. The molecule has 0 aromatic carbocycles. The molecule has 0 spiro atoms. The van der Waals surface area contributed by atoms with Gasteiger partial charge in [0, 0.05) is 18.4 Å². The summed E-state index contributed by atoms with van der Waals surface area (Å²) in [6, 6.07) is 2.10. The third-order valence-electron chi connectivity index (χ3n) is 2.55. The number of rotatable bonds is 5. The highest BCUT2D eigenvalue weighted by atomic mass is 15.3. The van der Waals surface area contributed by atoms with Gasteiger partial charge in [0.25, 0.3) is 0 Å². The molecule has 1 heterocycles. The quantitative estimate of drug-likeness (QED) is 0.806. The van der Waals surface area contributed by atoms with Crippen LogP contribution in [-0.4, -0.2) is 16.3 Å². The number of aromatic nitrogens is 2. The molecule has 0 saturated heterocycles. The molecule has 0 amide bonds. The Hall–Kier alpha value is -0.830. The van der Waals surface area contributed by atoms with Crippen LogP contribution < -0.4 is 5.73 Å². The number of hydrogen-bond donors (Lipinski definition) is 1. The van der Waals surface area contributed by atoms with E-state index in [0.29, 0.717) is 12.5 Å². The van der Waals surface area contributed by atoms with Crippen molar-refractivity contribution in [2.45, 2.75) is 40.7 Å². The smallest absolute Gasteiger partial charge is 0.0492 e. The van der Waals surface area contributed by atoms with Gasteiger partial charge in [-0.3, -0.25) is 4.68 Å². The first kappa shape index (κ1) is 12.2. The maximum Gasteiger partial charge on any atom is 0.0492 e. The van der Waals surface area contributed by atoms with Crippen LogP contribution in [0, 0.1) is 11.3 Å². The van der Waals surface area contributed by atoms with Crippen LogP contribution in [0.2, 0.25) is 0 Å². The minimum absolute atomic E-state index is 0.161. The maximum atomic E-state index is 5.74. The van der Waals surface area contributed by atoms with Gasteiger partial charge in [-0.25, -0.2) is 0 Å². The van der Waals surface area contributed by atoms with Gasteiger partial charge in [-0.1, -0.05) is 27.7 Å². The van der Waals surface area contributed by atoms with Gasteiger partial charge >= 0.3 is 0 Å². The van der Waals surface area contributed by atoms with Crippen LogP contribution >= 0.6 is 0 Å². The molecule has 3 nitrogen and oxygen atoms in total. The van der Waals surface area contributed by atoms with E-state index < -0.39 is 0 Å². The lowest BCUT2D eigenvalue weighted by molar-refractivity contribution is 0.355. The summed E-state index contributed by atoms with van der Waals surface area (Å²) in [5, 5.41) is 4.35. The Kier molecular flexibility index (Phi) is 3.91. The molecule has 15 heavy (non-hydrogen) atoms. The van der Waals surface area contributed by atoms with Gasteiger partial charge in [0.15, 0.2) is 0 Å². The first-order chi connectivity index (χ1) is 6.94. The van der Waals surface area contributed by atoms with Gasteiger partial charge in [-0.2, -0.15) is 5.10 Å². The van der Waals surface area contributed by atoms with Crippen molar-refractivity contribution >= 4 is 0 Å². The van der Waals surface area contributed by atoms with Gasteiger partial charge in [0.1, 0.15) is 0 Å². The number of nitrogens with zero attached hydrogens (tertiary/aromatic N) is 2. The topological polar surface area (TPSA) is 43.8 Å². The molecule has 0 fully saturated rings. The summed E-state index contributed by atoms with van der Waals surface area (Å²) in [4.78, 5) is 0. The molecule has 1 aromatic heterocycles. The van der Waals surface area contributed by atoms with Crippen LogP contribution in [0.5, 0.6) is 0 Å². The van der Waals surface area contributed by atoms with E-state index in [4.69, 9.17) is 5.73 Å². The molecule has 2 N–H and O–H groups in total. The van der Waals surface area contributed by atoms with E-state index in [9.17, 15) is 0 Å². The highest BCUT2D eigenvalue weighted by Crippen LogP contribution is 2.20. The van der Waals surface area contributed by atoms with Crippen molar-refractivity contribution in [1.29, 1.82) is 0 Å². The van der Waals surface area contributed by atoms with E-state index in [-0.39, 0.29) is 5.41 Å². The minimum atomic E-state index is 0.161. The molecule has 0 saturated carbocycles. The van der Waals surface area contributed by atoms with Gasteiger partial charge in [-0.05, 0) is 30.4 Å². The zero-order chi connectivity index (χ0) is 11.5. The minimum Gasteiger partial charge on any atom is -0.330 e. The van der Waals surface area contributed by atoms with Crippen LogP contribution in [0.1, 0.15) is 33.4 Å². The number of nitrogens with two attached hydrogens (primary N) is 1. The van der Waals surface area contributed by atoms with Crippen LogP contribution in [0.15, 0.2) is 12.3 Å². The predicted molar refractivity (Wildman–Crippen MR) is 63.6 cm³/mol. The molecule has 0 atom stereocenters. The first-order valence-electron chi connectivity index (χ1n) is 5.65. The molecule has 0 radical (unpaired) electrons. The Morgan fingerprint density at radius 1 is 1.47 bits per heavy atom. The van der Waals surface area contributed by atoms with Crippen molar-refractivity contribution < 1.29 is 0 Å². The Morgan fingerprint density at radius 3 is 2.67 bits per heavy atom. The van der Waals surface area contributed by atoms with Gasteiger partial charge in [-0.15, -0.1) is 0 Å². The summed E-state index contributed by atoms with van der Waals surface area (Å²) in [5.74, 6) is 0.629. The Morgan fingerprint density at radius 2 is 2.13 bits per heavy atom. The second-order valence-electron chi connectivity index (χ2n) is 5.44. The molecule has 86 valence electrons. The lowest BCUT2D eigenvalue weighted by Gasteiger charge is -2.23. The van der Waals surface area contributed by atoms with Crippen molar-refractivity contribution in [3.63, 3.8) is 0 Å². The van der Waals surface area contributed by atoms with Crippen LogP contribution in [0.25, 0.3) is 0 Å².